The maximum absolute atomic E-state index is 11.8. The molecule has 0 radical (unpaired) electrons. The summed E-state index contributed by atoms with van der Waals surface area (Å²) < 4.78 is 5.92. The van der Waals surface area contributed by atoms with Crippen LogP contribution < -0.4 is 0 Å². The van der Waals surface area contributed by atoms with E-state index in [0.717, 1.165) is 16.7 Å². The number of carbonyl (C=O) groups is 1. The van der Waals surface area contributed by atoms with Gasteiger partial charge in [-0.2, -0.15) is 0 Å². The lowest BCUT2D eigenvalue weighted by molar-refractivity contribution is -0.116. The highest BCUT2D eigenvalue weighted by Gasteiger charge is 2.28. The van der Waals surface area contributed by atoms with Crippen LogP contribution in [-0.2, 0) is 16.1 Å². The molecule has 2 rings (SSSR count). The Balaban J connectivity index is 2.08. The maximum Gasteiger partial charge on any atom is 0.161 e. The Morgan fingerprint density at radius 3 is 2.63 bits per heavy atom. The molecule has 2 nitrogen and oxygen atoms in total. The monoisotopic (exact) mass is 256 g/mol. The highest BCUT2D eigenvalue weighted by Crippen LogP contribution is 2.28. The lowest BCUT2D eigenvalue weighted by atomic mass is 10.1. The van der Waals surface area contributed by atoms with E-state index in [2.05, 4.69) is 6.08 Å². The minimum atomic E-state index is -0.0948. The number of benzene rings is 1. The Morgan fingerprint density at radius 1 is 1.32 bits per heavy atom. The highest BCUT2D eigenvalue weighted by molar-refractivity contribution is 5.99. The van der Waals surface area contributed by atoms with E-state index in [-0.39, 0.29) is 11.9 Å². The molecule has 1 aromatic rings. The largest absolute Gasteiger partial charge is 0.368 e. The Labute approximate surface area is 114 Å². The predicted octanol–water partition coefficient (Wildman–Crippen LogP) is 3.83. The molecule has 1 unspecified atom stereocenters. The normalized spacial score (nSPS) is 18.9. The molecule has 0 amide bonds. The molecule has 0 bridgehead atoms. The van der Waals surface area contributed by atoms with E-state index in [4.69, 9.17) is 4.74 Å². The van der Waals surface area contributed by atoms with Crippen LogP contribution in [0.3, 0.4) is 0 Å². The van der Waals surface area contributed by atoms with Crippen LogP contribution >= 0.6 is 0 Å². The summed E-state index contributed by atoms with van der Waals surface area (Å²) in [6.45, 7) is 6.52. The first-order chi connectivity index (χ1) is 9.08. The molecule has 1 aliphatic rings. The first-order valence-electron chi connectivity index (χ1n) is 6.62. The molecular formula is C17H20O2. The molecule has 0 spiro atoms. The molecule has 0 aliphatic heterocycles. The van der Waals surface area contributed by atoms with Crippen LogP contribution in [0.2, 0.25) is 0 Å². The van der Waals surface area contributed by atoms with Gasteiger partial charge in [-0.05, 0) is 37.5 Å². The van der Waals surface area contributed by atoms with Crippen molar-refractivity contribution in [3.05, 3.63) is 58.7 Å². The summed E-state index contributed by atoms with van der Waals surface area (Å²) in [7, 11) is 0. The standard InChI is InChI=1S/C17H20O2/c1-12(2)9-15-13(3)16(18)10-17(15)19-11-14-7-5-4-6-8-14/h4-9,17H,10-11H2,1-3H3. The Kier molecular flexibility index (Phi) is 4.33. The number of carbonyl (C=O) groups excluding carboxylic acids is 1. The van der Waals surface area contributed by atoms with E-state index >= 15 is 0 Å². The smallest absolute Gasteiger partial charge is 0.161 e. The fourth-order valence-electron chi connectivity index (χ4n) is 2.27. The zero-order chi connectivity index (χ0) is 13.8. The summed E-state index contributed by atoms with van der Waals surface area (Å²) in [6.07, 6.45) is 2.44. The van der Waals surface area contributed by atoms with Crippen molar-refractivity contribution in [2.24, 2.45) is 0 Å². The molecule has 0 fully saturated rings. The third kappa shape index (κ3) is 3.42. The number of allylic oxidation sites excluding steroid dienone is 2. The molecular weight excluding hydrogens is 236 g/mol. The fraction of sp³-hybridized carbons (Fsp3) is 0.353. The van der Waals surface area contributed by atoms with Crippen LogP contribution in [0.5, 0.6) is 0 Å². The van der Waals surface area contributed by atoms with Crippen molar-refractivity contribution in [1.82, 2.24) is 0 Å². The van der Waals surface area contributed by atoms with Crippen LogP contribution in [0.4, 0.5) is 0 Å². The van der Waals surface area contributed by atoms with Crippen LogP contribution in [-0.4, -0.2) is 11.9 Å². The van der Waals surface area contributed by atoms with Gasteiger partial charge in [0.1, 0.15) is 0 Å². The second-order valence-corrected chi connectivity index (χ2v) is 5.21. The van der Waals surface area contributed by atoms with E-state index in [1.54, 1.807) is 0 Å². The van der Waals surface area contributed by atoms with E-state index in [1.807, 2.05) is 51.1 Å². The summed E-state index contributed by atoms with van der Waals surface area (Å²) in [5, 5.41) is 0. The molecule has 0 heterocycles. The summed E-state index contributed by atoms with van der Waals surface area (Å²) >= 11 is 0. The van der Waals surface area contributed by atoms with Crippen molar-refractivity contribution in [1.29, 1.82) is 0 Å². The third-order valence-electron chi connectivity index (χ3n) is 3.31. The van der Waals surface area contributed by atoms with Crippen LogP contribution in [0.15, 0.2) is 53.1 Å². The van der Waals surface area contributed by atoms with Gasteiger partial charge in [0.2, 0.25) is 0 Å². The van der Waals surface area contributed by atoms with E-state index in [0.29, 0.717) is 13.0 Å². The van der Waals surface area contributed by atoms with Gasteiger partial charge in [0, 0.05) is 6.42 Å². The zero-order valence-corrected chi connectivity index (χ0v) is 11.8. The van der Waals surface area contributed by atoms with Gasteiger partial charge in [0.15, 0.2) is 5.78 Å². The quantitative estimate of drug-likeness (QED) is 0.818. The summed E-state index contributed by atoms with van der Waals surface area (Å²) in [5.74, 6) is 0.200. The van der Waals surface area contributed by atoms with Crippen molar-refractivity contribution in [3.8, 4) is 0 Å². The van der Waals surface area contributed by atoms with Gasteiger partial charge in [0.05, 0.1) is 12.7 Å². The number of ketones is 1. The summed E-state index contributed by atoms with van der Waals surface area (Å²) in [5.41, 5.74) is 4.22. The minimum absolute atomic E-state index is 0.0948. The van der Waals surface area contributed by atoms with Crippen LogP contribution in [0.1, 0.15) is 32.8 Å². The molecule has 100 valence electrons. The van der Waals surface area contributed by atoms with Gasteiger partial charge in [-0.25, -0.2) is 0 Å². The number of hydrogen-bond donors (Lipinski definition) is 0. The van der Waals surface area contributed by atoms with Crippen molar-refractivity contribution >= 4 is 5.78 Å². The average Bonchev–Trinajstić information content (AvgIpc) is 2.65. The molecule has 0 saturated heterocycles. The van der Waals surface area contributed by atoms with Gasteiger partial charge in [-0.15, -0.1) is 0 Å². The molecule has 2 heteroatoms. The fourth-order valence-corrected chi connectivity index (χ4v) is 2.27. The molecule has 0 aromatic heterocycles. The number of Topliss-reactive ketones (excluding diaryl/α,β-unsaturated/α-hetero) is 1. The SMILES string of the molecule is CC(C)=CC1=C(C)C(=O)CC1OCc1ccccc1. The molecule has 0 saturated carbocycles. The third-order valence-corrected chi connectivity index (χ3v) is 3.31. The zero-order valence-electron chi connectivity index (χ0n) is 11.8. The van der Waals surface area contributed by atoms with Crippen molar-refractivity contribution < 1.29 is 9.53 Å². The van der Waals surface area contributed by atoms with Gasteiger partial charge in [-0.1, -0.05) is 42.0 Å². The van der Waals surface area contributed by atoms with Gasteiger partial charge >= 0.3 is 0 Å². The summed E-state index contributed by atoms with van der Waals surface area (Å²) in [4.78, 5) is 11.8. The Hall–Kier alpha value is -1.67. The predicted molar refractivity (Wildman–Crippen MR) is 76.8 cm³/mol. The Morgan fingerprint density at radius 2 is 2.00 bits per heavy atom. The number of rotatable bonds is 4. The second-order valence-electron chi connectivity index (χ2n) is 5.21. The molecule has 19 heavy (non-hydrogen) atoms. The van der Waals surface area contributed by atoms with E-state index < -0.39 is 0 Å². The second kappa shape index (κ2) is 5.98. The van der Waals surface area contributed by atoms with Gasteiger partial charge in [0.25, 0.3) is 0 Å². The number of ether oxygens (including phenoxy) is 1. The lowest BCUT2D eigenvalue weighted by Crippen LogP contribution is -2.12. The highest BCUT2D eigenvalue weighted by atomic mass is 16.5. The maximum atomic E-state index is 11.8. The van der Waals surface area contributed by atoms with Crippen molar-refractivity contribution in [2.45, 2.75) is 39.9 Å². The van der Waals surface area contributed by atoms with Crippen molar-refractivity contribution in [3.63, 3.8) is 0 Å². The van der Waals surface area contributed by atoms with Gasteiger partial charge < -0.3 is 4.74 Å². The topological polar surface area (TPSA) is 26.3 Å². The lowest BCUT2D eigenvalue weighted by Gasteiger charge is -2.14. The van der Waals surface area contributed by atoms with E-state index in [1.165, 1.54) is 5.57 Å². The molecule has 1 aliphatic carbocycles. The summed E-state index contributed by atoms with van der Waals surface area (Å²) in [6, 6.07) is 10.1. The average molecular weight is 256 g/mol. The van der Waals surface area contributed by atoms with Crippen LogP contribution in [0, 0.1) is 0 Å². The van der Waals surface area contributed by atoms with Gasteiger partial charge in [-0.3, -0.25) is 4.79 Å². The van der Waals surface area contributed by atoms with E-state index in [9.17, 15) is 4.79 Å². The first-order valence-corrected chi connectivity index (χ1v) is 6.62. The van der Waals surface area contributed by atoms with Crippen LogP contribution in [0.25, 0.3) is 0 Å². The Bertz CT molecular complexity index is 519. The van der Waals surface area contributed by atoms with Crippen molar-refractivity contribution in [2.75, 3.05) is 0 Å². The molecule has 0 N–H and O–H groups in total. The molecule has 1 atom stereocenters. The minimum Gasteiger partial charge on any atom is -0.368 e. The first kappa shape index (κ1) is 13.8. The molecule has 1 aromatic carbocycles. The number of hydrogen-bond acceptors (Lipinski definition) is 2.